The Morgan fingerprint density at radius 1 is 0.926 bits per heavy atom. The molecule has 0 aromatic carbocycles. The molecule has 15 heteroatoms. The normalized spacial score (nSPS) is 24.1. The molecule has 0 bridgehead atoms. The van der Waals surface area contributed by atoms with E-state index in [0.717, 1.165) is 6.08 Å². The van der Waals surface area contributed by atoms with Crippen molar-refractivity contribution in [3.05, 3.63) is 23.4 Å². The van der Waals surface area contributed by atoms with E-state index in [1.165, 1.54) is 13.8 Å². The van der Waals surface area contributed by atoms with E-state index in [0.29, 0.717) is 0 Å². The highest BCUT2D eigenvalue weighted by atomic mass is 19.4. The van der Waals surface area contributed by atoms with Gasteiger partial charge < -0.3 is 4.74 Å². The molecule has 27 heavy (non-hydrogen) atoms. The Morgan fingerprint density at radius 3 is 1.67 bits per heavy atom. The van der Waals surface area contributed by atoms with Gasteiger partial charge in [0.1, 0.15) is 6.61 Å². The molecule has 0 unspecified atom stereocenters. The fourth-order valence-corrected chi connectivity index (χ4v) is 1.62. The van der Waals surface area contributed by atoms with Crippen molar-refractivity contribution in [2.24, 2.45) is 0 Å². The Labute approximate surface area is 142 Å². The van der Waals surface area contributed by atoms with Crippen LogP contribution < -0.4 is 0 Å². The molecule has 0 atom stereocenters. The van der Waals surface area contributed by atoms with Gasteiger partial charge in [-0.25, -0.2) is 9.64 Å². The van der Waals surface area contributed by atoms with Crippen molar-refractivity contribution in [3.8, 4) is 0 Å². The van der Waals surface area contributed by atoms with Crippen LogP contribution >= 0.6 is 0 Å². The molecule has 1 fully saturated rings. The Kier molecular flexibility index (Phi) is 5.74. The third kappa shape index (κ3) is 4.06. The minimum atomic E-state index is -6.64. The largest absolute Gasteiger partial charge is 0.482 e. The van der Waals surface area contributed by atoms with Crippen LogP contribution in [0.1, 0.15) is 13.8 Å². The van der Waals surface area contributed by atoms with E-state index in [-0.39, 0.29) is 5.57 Å². The number of hydrogen-bond acceptors (Lipinski definition) is 3. The van der Waals surface area contributed by atoms with Crippen LogP contribution in [0.4, 0.5) is 52.7 Å². The lowest BCUT2D eigenvalue weighted by atomic mass is 10.2. The Bertz CT molecular complexity index is 607. The van der Waals surface area contributed by atoms with E-state index >= 15 is 0 Å². The lowest BCUT2D eigenvalue weighted by Gasteiger charge is -2.47. The number of allylic oxidation sites excluding steroid dienone is 2. The summed E-state index contributed by atoms with van der Waals surface area (Å²) in [6.45, 7) is 1.36. The van der Waals surface area contributed by atoms with E-state index in [1.54, 1.807) is 0 Å². The average molecular weight is 427 g/mol. The summed E-state index contributed by atoms with van der Waals surface area (Å²) in [7, 11) is 0. The highest BCUT2D eigenvalue weighted by Crippen LogP contribution is 2.57. The minimum absolute atomic E-state index is 0.247. The molecular weight excluding hydrogens is 418 g/mol. The van der Waals surface area contributed by atoms with Gasteiger partial charge in [0.25, 0.3) is 5.76 Å². The maximum atomic E-state index is 13.9. The van der Waals surface area contributed by atoms with Gasteiger partial charge in [-0.3, -0.25) is 0 Å². The van der Waals surface area contributed by atoms with E-state index < -0.39 is 53.7 Å². The fourth-order valence-electron chi connectivity index (χ4n) is 1.62. The molecule has 3 nitrogen and oxygen atoms in total. The van der Waals surface area contributed by atoms with Gasteiger partial charge in [0.2, 0.25) is 5.95 Å². The molecule has 0 saturated carbocycles. The number of alkyl halides is 11. The third-order valence-electron chi connectivity index (χ3n) is 2.88. The molecule has 0 aromatic heterocycles. The summed E-state index contributed by atoms with van der Waals surface area (Å²) in [5, 5.41) is 0. The zero-order valence-corrected chi connectivity index (χ0v) is 13.1. The maximum Gasteiger partial charge on any atom is 0.453 e. The van der Waals surface area contributed by atoms with E-state index in [9.17, 15) is 52.7 Å². The maximum absolute atomic E-state index is 13.9. The smallest absolute Gasteiger partial charge is 0.453 e. The number of hydrogen-bond donors (Lipinski definition) is 0. The first-order chi connectivity index (χ1) is 11.8. The lowest BCUT2D eigenvalue weighted by Crippen LogP contribution is -2.73. The fraction of sp³-hybridized carbons (Fsp3) is 0.667. The van der Waals surface area contributed by atoms with Crippen molar-refractivity contribution in [1.82, 2.24) is 4.90 Å². The molecule has 1 heterocycles. The van der Waals surface area contributed by atoms with Gasteiger partial charge in [-0.2, -0.15) is 52.7 Å². The second-order valence-corrected chi connectivity index (χ2v) is 5.26. The van der Waals surface area contributed by atoms with Crippen LogP contribution in [-0.2, 0) is 9.47 Å². The number of ether oxygens (including phenoxy) is 2. The molecule has 1 aliphatic rings. The van der Waals surface area contributed by atoms with Crippen molar-refractivity contribution in [3.63, 3.8) is 0 Å². The van der Waals surface area contributed by atoms with E-state index in [2.05, 4.69) is 4.74 Å². The van der Waals surface area contributed by atoms with Gasteiger partial charge in [0.15, 0.2) is 0 Å². The van der Waals surface area contributed by atoms with Crippen molar-refractivity contribution >= 4 is 0 Å². The molecule has 1 rings (SSSR count). The van der Waals surface area contributed by atoms with Crippen LogP contribution in [0.15, 0.2) is 23.4 Å². The molecule has 0 N–H and O–H groups in total. The van der Waals surface area contributed by atoms with Crippen molar-refractivity contribution < 1.29 is 62.2 Å². The Balaban J connectivity index is 3.64. The van der Waals surface area contributed by atoms with Crippen LogP contribution in [0, 0.1) is 0 Å². The summed E-state index contributed by atoms with van der Waals surface area (Å²) >= 11 is 0. The minimum Gasteiger partial charge on any atom is -0.482 e. The summed E-state index contributed by atoms with van der Waals surface area (Å²) in [4.78, 5) is -3.01. The van der Waals surface area contributed by atoms with Gasteiger partial charge in [-0.05, 0) is 19.9 Å². The van der Waals surface area contributed by atoms with E-state index in [4.69, 9.17) is 0 Å². The van der Waals surface area contributed by atoms with Gasteiger partial charge >= 0.3 is 30.5 Å². The predicted molar refractivity (Wildman–Crippen MR) is 62.3 cm³/mol. The van der Waals surface area contributed by atoms with Crippen LogP contribution in [0.2, 0.25) is 0 Å². The molecule has 0 aliphatic carbocycles. The van der Waals surface area contributed by atoms with Crippen molar-refractivity contribution in [2.75, 3.05) is 6.61 Å². The van der Waals surface area contributed by atoms with Crippen LogP contribution in [-0.4, -0.2) is 42.0 Å². The Morgan fingerprint density at radius 2 is 1.33 bits per heavy atom. The summed E-state index contributed by atoms with van der Waals surface area (Å²) in [5.41, 5.74) is 0.247. The standard InChI is InChI=1S/C12H9F12NO2/c1-5(2)3-4-26-6(8(14,15)16)7(13)25-9(17,18)11(21,22)27-12(23,24)10(25,19)20/h3H,4H2,1-2H3. The SMILES string of the molecule is CC(C)=CCOC(=C(F)N1C(F)(F)C(F)(F)OC(F)(F)C1(F)F)C(F)(F)F. The second kappa shape index (κ2) is 6.67. The highest BCUT2D eigenvalue weighted by Gasteiger charge is 2.84. The predicted octanol–water partition coefficient (Wildman–Crippen LogP) is 5.37. The molecule has 1 saturated heterocycles. The third-order valence-corrected chi connectivity index (χ3v) is 2.88. The molecular formula is C12H9F12NO2. The molecule has 0 amide bonds. The Hall–Kier alpha value is -1.80. The number of nitrogens with zero attached hydrogens (tertiary/aromatic N) is 1. The molecule has 1 aliphatic heterocycles. The first kappa shape index (κ1) is 23.2. The van der Waals surface area contributed by atoms with Crippen LogP contribution in [0.3, 0.4) is 0 Å². The number of halogens is 12. The van der Waals surface area contributed by atoms with Crippen molar-refractivity contribution in [2.45, 2.75) is 44.3 Å². The average Bonchev–Trinajstić information content (AvgIpc) is 2.38. The molecule has 158 valence electrons. The molecule has 0 aromatic rings. The first-order valence-electron chi connectivity index (χ1n) is 6.54. The van der Waals surface area contributed by atoms with Gasteiger partial charge in [0.05, 0.1) is 0 Å². The second-order valence-electron chi connectivity index (χ2n) is 5.26. The van der Waals surface area contributed by atoms with Gasteiger partial charge in [-0.1, -0.05) is 5.57 Å². The first-order valence-corrected chi connectivity index (χ1v) is 6.54. The quantitative estimate of drug-likeness (QED) is 0.261. The van der Waals surface area contributed by atoms with Crippen molar-refractivity contribution in [1.29, 1.82) is 0 Å². The summed E-state index contributed by atoms with van der Waals surface area (Å²) < 4.78 is 164. The van der Waals surface area contributed by atoms with Crippen LogP contribution in [0.25, 0.3) is 0 Å². The molecule has 0 spiro atoms. The van der Waals surface area contributed by atoms with Crippen LogP contribution in [0.5, 0.6) is 0 Å². The highest BCUT2D eigenvalue weighted by molar-refractivity contribution is 5.13. The summed E-state index contributed by atoms with van der Waals surface area (Å²) in [6.07, 6.45) is -18.3. The molecule has 0 radical (unpaired) electrons. The summed E-state index contributed by atoms with van der Waals surface area (Å²) in [6, 6.07) is -13.3. The number of morpholine rings is 1. The van der Waals surface area contributed by atoms with Gasteiger partial charge in [0, 0.05) is 0 Å². The number of rotatable bonds is 4. The van der Waals surface area contributed by atoms with Gasteiger partial charge in [-0.15, -0.1) is 0 Å². The monoisotopic (exact) mass is 427 g/mol. The zero-order valence-electron chi connectivity index (χ0n) is 13.1. The topological polar surface area (TPSA) is 21.7 Å². The lowest BCUT2D eigenvalue weighted by molar-refractivity contribution is -0.559. The van der Waals surface area contributed by atoms with E-state index in [1.807, 2.05) is 4.74 Å². The zero-order chi connectivity index (χ0) is 21.6. The summed E-state index contributed by atoms with van der Waals surface area (Å²) in [5.74, 6) is -7.13.